The lowest BCUT2D eigenvalue weighted by Crippen LogP contribution is -2.35. The third-order valence-electron chi connectivity index (χ3n) is 6.95. The van der Waals surface area contributed by atoms with Crippen molar-refractivity contribution >= 4 is 54.4 Å². The van der Waals surface area contributed by atoms with Crippen molar-refractivity contribution < 1.29 is 26.4 Å². The van der Waals surface area contributed by atoms with E-state index < -0.39 is 26.0 Å². The normalized spacial score (nSPS) is 14.8. The molecule has 0 saturated heterocycles. The van der Waals surface area contributed by atoms with Crippen LogP contribution in [0.4, 0.5) is 17.3 Å². The molecule has 0 bridgehead atoms. The maximum absolute atomic E-state index is 12.5. The molecular weight excluding hydrogens is 592 g/mol. The van der Waals surface area contributed by atoms with E-state index in [1.807, 2.05) is 22.9 Å². The summed E-state index contributed by atoms with van der Waals surface area (Å²) in [5.41, 5.74) is 3.75. The molecule has 2 heterocycles. The fraction of sp³-hybridized carbons (Fsp3) is 0.172. The summed E-state index contributed by atoms with van der Waals surface area (Å²) in [6.45, 7) is 0. The number of fused-ring (bicyclic) bond motifs is 2. The molecule has 0 spiro atoms. The van der Waals surface area contributed by atoms with Crippen LogP contribution in [0.3, 0.4) is 0 Å². The molecule has 0 amide bonds. The predicted molar refractivity (Wildman–Crippen MR) is 162 cm³/mol. The summed E-state index contributed by atoms with van der Waals surface area (Å²) in [5.74, 6) is 0.351. The summed E-state index contributed by atoms with van der Waals surface area (Å²) in [4.78, 5) is 21.5. The zero-order valence-corrected chi connectivity index (χ0v) is 24.7. The lowest BCUT2D eigenvalue weighted by atomic mass is 10.1. The van der Waals surface area contributed by atoms with Gasteiger partial charge in [-0.3, -0.25) is 0 Å². The molecule has 1 atom stereocenters. The summed E-state index contributed by atoms with van der Waals surface area (Å²) in [5, 5.41) is 8.42. The number of hydrogen-bond donors (Lipinski definition) is 1. The first-order valence-electron chi connectivity index (χ1n) is 13.2. The van der Waals surface area contributed by atoms with Crippen molar-refractivity contribution in [2.24, 2.45) is 0 Å². The Morgan fingerprint density at radius 2 is 1.67 bits per heavy atom. The number of hydrogen-bond acceptors (Lipinski definition) is 10. The number of carbonyl (C=O) groups is 1. The van der Waals surface area contributed by atoms with Gasteiger partial charge in [0, 0.05) is 11.9 Å². The van der Waals surface area contributed by atoms with Crippen molar-refractivity contribution in [3.63, 3.8) is 0 Å². The molecule has 3 aromatic carbocycles. The van der Waals surface area contributed by atoms with Gasteiger partial charge in [0.2, 0.25) is 26.0 Å². The fourth-order valence-corrected chi connectivity index (χ4v) is 8.15. The minimum atomic E-state index is -4.05. The van der Waals surface area contributed by atoms with E-state index >= 15 is 0 Å². The number of rotatable bonds is 8. The third kappa shape index (κ3) is 5.79. The Morgan fingerprint density at radius 3 is 2.37 bits per heavy atom. The van der Waals surface area contributed by atoms with E-state index in [0.29, 0.717) is 26.4 Å². The van der Waals surface area contributed by atoms with Crippen molar-refractivity contribution in [2.45, 2.75) is 18.9 Å². The van der Waals surface area contributed by atoms with Crippen LogP contribution < -0.4 is 13.8 Å². The first-order chi connectivity index (χ1) is 20.5. The van der Waals surface area contributed by atoms with Crippen LogP contribution >= 0.6 is 0 Å². The third-order valence-corrected chi connectivity index (χ3v) is 10.2. The first kappa shape index (κ1) is 28.3. The molecular formula is C29H26N6O6S2. The van der Waals surface area contributed by atoms with Gasteiger partial charge in [-0.2, -0.15) is 13.8 Å². The smallest absolute Gasteiger partial charge is 0.343 e. The zero-order chi connectivity index (χ0) is 30.4. The van der Waals surface area contributed by atoms with Crippen LogP contribution in [-0.2, 0) is 26.5 Å². The molecule has 1 aliphatic rings. The predicted octanol–water partition coefficient (Wildman–Crippen LogP) is 4.05. The van der Waals surface area contributed by atoms with Gasteiger partial charge < -0.3 is 10.1 Å². The first-order valence-corrected chi connectivity index (χ1v) is 16.8. The van der Waals surface area contributed by atoms with Crippen LogP contribution in [0.5, 0.6) is 5.75 Å². The SMILES string of the molecule is CS(=O)(=O)N(c1ccc(Nc2ncc3cnn(C4CCc5cc(OC(=O)c6ccccc6)ccc54)c3n2)cc1)S(C)(=O)=O. The zero-order valence-electron chi connectivity index (χ0n) is 23.1. The van der Waals surface area contributed by atoms with Gasteiger partial charge in [-0.05, 0) is 72.5 Å². The molecule has 0 aliphatic heterocycles. The monoisotopic (exact) mass is 618 g/mol. The molecule has 220 valence electrons. The largest absolute Gasteiger partial charge is 0.423 e. The number of sulfonamides is 2. The van der Waals surface area contributed by atoms with E-state index in [1.54, 1.807) is 54.9 Å². The van der Waals surface area contributed by atoms with Crippen LogP contribution in [-0.4, -0.2) is 55.1 Å². The topological polar surface area (TPSA) is 153 Å². The van der Waals surface area contributed by atoms with Gasteiger partial charge in [0.1, 0.15) is 5.75 Å². The van der Waals surface area contributed by atoms with E-state index in [4.69, 9.17) is 4.74 Å². The van der Waals surface area contributed by atoms with Gasteiger partial charge in [0.15, 0.2) is 5.65 Å². The molecule has 0 saturated carbocycles. The number of carbonyl (C=O) groups excluding carboxylic acids is 1. The van der Waals surface area contributed by atoms with Gasteiger partial charge in [-0.15, -0.1) is 0 Å². The number of aromatic nitrogens is 4. The van der Waals surface area contributed by atoms with Crippen LogP contribution in [0, 0.1) is 0 Å². The lowest BCUT2D eigenvalue weighted by molar-refractivity contribution is 0.0734. The van der Waals surface area contributed by atoms with Crippen molar-refractivity contribution in [1.29, 1.82) is 0 Å². The molecule has 43 heavy (non-hydrogen) atoms. The van der Waals surface area contributed by atoms with E-state index in [9.17, 15) is 21.6 Å². The summed E-state index contributed by atoms with van der Waals surface area (Å²) in [6, 6.07) is 20.2. The summed E-state index contributed by atoms with van der Waals surface area (Å²) in [7, 11) is -8.10. The molecule has 1 N–H and O–H groups in total. The van der Waals surface area contributed by atoms with Gasteiger partial charge in [-0.1, -0.05) is 24.3 Å². The fourth-order valence-electron chi connectivity index (χ4n) is 5.18. The maximum Gasteiger partial charge on any atom is 0.343 e. The molecule has 12 nitrogen and oxygen atoms in total. The van der Waals surface area contributed by atoms with Crippen LogP contribution in [0.25, 0.3) is 11.0 Å². The van der Waals surface area contributed by atoms with E-state index in [2.05, 4.69) is 20.4 Å². The summed E-state index contributed by atoms with van der Waals surface area (Å²) in [6.07, 6.45) is 6.57. The van der Waals surface area contributed by atoms with Gasteiger partial charge in [0.05, 0.1) is 41.4 Å². The summed E-state index contributed by atoms with van der Waals surface area (Å²) < 4.78 is 56.1. The van der Waals surface area contributed by atoms with E-state index in [-0.39, 0.29) is 17.7 Å². The highest BCUT2D eigenvalue weighted by atomic mass is 32.3. The van der Waals surface area contributed by atoms with Crippen LogP contribution in [0.2, 0.25) is 0 Å². The Labute approximate surface area is 248 Å². The standard InChI is InChI=1S/C29H26N6O6S2/c1-42(37,38)35(43(2,39)40)23-11-9-22(10-12-23)32-29-30-17-21-18-31-34(27(21)33-29)26-15-8-20-16-24(13-14-25(20)26)41-28(36)19-6-4-3-5-7-19/h3-7,9-14,16-18,26H,8,15H2,1-2H3,(H,30,32,33). The minimum absolute atomic E-state index is 0.0112. The second-order valence-corrected chi connectivity index (χ2v) is 14.0. The quantitative estimate of drug-likeness (QED) is 0.199. The van der Waals surface area contributed by atoms with Gasteiger partial charge in [0.25, 0.3) is 0 Å². The number of nitrogens with zero attached hydrogens (tertiary/aromatic N) is 5. The molecule has 1 unspecified atom stereocenters. The Bertz CT molecular complexity index is 2030. The number of anilines is 3. The molecule has 6 rings (SSSR count). The van der Waals surface area contributed by atoms with Crippen molar-refractivity contribution in [1.82, 2.24) is 19.7 Å². The molecule has 0 radical (unpaired) electrons. The van der Waals surface area contributed by atoms with Crippen molar-refractivity contribution in [3.8, 4) is 5.75 Å². The Kier molecular flexibility index (Phi) is 7.10. The Balaban J connectivity index is 1.22. The number of ether oxygens (including phenoxy) is 1. The highest BCUT2D eigenvalue weighted by Gasteiger charge is 2.28. The highest BCUT2D eigenvalue weighted by Crippen LogP contribution is 2.37. The molecule has 14 heteroatoms. The lowest BCUT2D eigenvalue weighted by Gasteiger charge is -2.20. The molecule has 5 aromatic rings. The average Bonchev–Trinajstić information content (AvgIpc) is 3.56. The number of nitrogens with one attached hydrogen (secondary N) is 1. The Hall–Kier alpha value is -4.82. The van der Waals surface area contributed by atoms with Crippen molar-refractivity contribution in [2.75, 3.05) is 21.5 Å². The second-order valence-electron chi connectivity index (χ2n) is 10.1. The van der Waals surface area contributed by atoms with Gasteiger partial charge in [-0.25, -0.2) is 31.3 Å². The van der Waals surface area contributed by atoms with Gasteiger partial charge >= 0.3 is 5.97 Å². The van der Waals surface area contributed by atoms with Crippen LogP contribution in [0.15, 0.2) is 85.2 Å². The van der Waals surface area contributed by atoms with E-state index in [0.717, 1.165) is 41.9 Å². The minimum Gasteiger partial charge on any atom is -0.423 e. The Morgan fingerprint density at radius 1 is 0.953 bits per heavy atom. The van der Waals surface area contributed by atoms with Crippen molar-refractivity contribution in [3.05, 3.63) is 102 Å². The number of benzene rings is 3. The molecule has 2 aromatic heterocycles. The average molecular weight is 619 g/mol. The molecule has 1 aliphatic carbocycles. The second kappa shape index (κ2) is 10.8. The maximum atomic E-state index is 12.5. The highest BCUT2D eigenvalue weighted by molar-refractivity contribution is 8.09. The van der Waals surface area contributed by atoms with E-state index in [1.165, 1.54) is 12.1 Å². The number of aryl methyl sites for hydroxylation is 1. The number of esters is 1. The van der Waals surface area contributed by atoms with Crippen LogP contribution in [0.1, 0.15) is 33.9 Å². The molecule has 0 fully saturated rings. The summed E-state index contributed by atoms with van der Waals surface area (Å²) >= 11 is 0.